The van der Waals surface area contributed by atoms with Crippen LogP contribution in [-0.2, 0) is 11.3 Å². The van der Waals surface area contributed by atoms with Gasteiger partial charge < -0.3 is 5.32 Å². The summed E-state index contributed by atoms with van der Waals surface area (Å²) in [6.45, 7) is 3.88. The summed E-state index contributed by atoms with van der Waals surface area (Å²) in [6, 6.07) is 15.4. The minimum Gasteiger partial charge on any atom is -0.324 e. The van der Waals surface area contributed by atoms with Gasteiger partial charge in [-0.05, 0) is 49.7 Å². The Morgan fingerprint density at radius 1 is 1.06 bits per heavy atom. The molecule has 5 aromatic rings. The number of aromatic nitrogens is 5. The first-order valence-electron chi connectivity index (χ1n) is 10.00. The van der Waals surface area contributed by atoms with Crippen molar-refractivity contribution in [2.45, 2.75) is 20.4 Å². The van der Waals surface area contributed by atoms with Gasteiger partial charge in [-0.15, -0.1) is 5.10 Å². The number of carbonyl (C=O) groups is 1. The number of aryl methyl sites for hydroxylation is 2. The van der Waals surface area contributed by atoms with Gasteiger partial charge in [0.25, 0.3) is 0 Å². The van der Waals surface area contributed by atoms with Gasteiger partial charge >= 0.3 is 5.69 Å². The molecule has 0 saturated carbocycles. The van der Waals surface area contributed by atoms with Crippen molar-refractivity contribution in [3.05, 3.63) is 87.0 Å². The number of hydrogen-bond donors (Lipinski definition) is 1. The predicted octanol–water partition coefficient (Wildman–Crippen LogP) is 3.83. The molecule has 3 aromatic heterocycles. The summed E-state index contributed by atoms with van der Waals surface area (Å²) in [5.74, 6) is -0.339. The van der Waals surface area contributed by atoms with E-state index in [2.05, 4.69) is 49.6 Å². The maximum atomic E-state index is 12.8. The Hall–Kier alpha value is -3.72. The van der Waals surface area contributed by atoms with Crippen molar-refractivity contribution >= 4 is 38.7 Å². The smallest absolute Gasteiger partial charge is 0.324 e. The van der Waals surface area contributed by atoms with E-state index in [4.69, 9.17) is 0 Å². The first kappa shape index (κ1) is 20.2. The fourth-order valence-electron chi connectivity index (χ4n) is 3.68. The molecule has 0 fully saturated rings. The quantitative estimate of drug-likeness (QED) is 0.414. The summed E-state index contributed by atoms with van der Waals surface area (Å²) in [7, 11) is 0. The molecule has 0 atom stereocenters. The highest BCUT2D eigenvalue weighted by atomic mass is 79.9. The number of fused-ring (bicyclic) bond motifs is 3. The van der Waals surface area contributed by atoms with Crippen molar-refractivity contribution < 1.29 is 4.79 Å². The molecule has 0 radical (unpaired) electrons. The number of hydrogen-bond acceptors (Lipinski definition) is 4. The van der Waals surface area contributed by atoms with Crippen LogP contribution in [0.25, 0.3) is 22.4 Å². The maximum absolute atomic E-state index is 12.8. The number of carbonyl (C=O) groups excluding carboxylic acids is 1. The predicted molar refractivity (Wildman–Crippen MR) is 126 cm³/mol. The molecule has 2 aromatic carbocycles. The van der Waals surface area contributed by atoms with Crippen molar-refractivity contribution in [1.82, 2.24) is 23.8 Å². The number of nitrogens with zero attached hydrogens (tertiary/aromatic N) is 5. The SMILES string of the molecule is Cc1ccc(C)c(-c2cc3c4nn(CC(=O)Nc5cccc(Br)c5)c(=O)n4ccn3n2)c1. The van der Waals surface area contributed by atoms with E-state index >= 15 is 0 Å². The number of rotatable bonds is 4. The molecule has 32 heavy (non-hydrogen) atoms. The van der Waals surface area contributed by atoms with E-state index in [0.29, 0.717) is 16.9 Å². The molecule has 1 N–H and O–H groups in total. The minimum absolute atomic E-state index is 0.197. The second-order valence-corrected chi connectivity index (χ2v) is 8.58. The summed E-state index contributed by atoms with van der Waals surface area (Å²) >= 11 is 3.37. The summed E-state index contributed by atoms with van der Waals surface area (Å²) in [5.41, 5.74) is 5.46. The Bertz CT molecular complexity index is 1560. The molecule has 0 spiro atoms. The Labute approximate surface area is 191 Å². The molecule has 1 amide bonds. The average molecular weight is 491 g/mol. The van der Waals surface area contributed by atoms with Gasteiger partial charge in [0.2, 0.25) is 5.91 Å². The van der Waals surface area contributed by atoms with E-state index in [0.717, 1.165) is 31.5 Å². The molecule has 3 heterocycles. The van der Waals surface area contributed by atoms with Gasteiger partial charge in [-0.25, -0.2) is 18.4 Å². The van der Waals surface area contributed by atoms with Crippen molar-refractivity contribution in [3.8, 4) is 11.3 Å². The van der Waals surface area contributed by atoms with Crippen molar-refractivity contribution in [2.24, 2.45) is 0 Å². The van der Waals surface area contributed by atoms with Crippen LogP contribution < -0.4 is 11.0 Å². The van der Waals surface area contributed by atoms with Gasteiger partial charge in [-0.2, -0.15) is 5.10 Å². The van der Waals surface area contributed by atoms with Crippen molar-refractivity contribution in [3.63, 3.8) is 0 Å². The summed E-state index contributed by atoms with van der Waals surface area (Å²) in [5, 5.41) is 11.9. The standard InChI is InChI=1S/C23H19BrN6O2/c1-14-6-7-15(2)18(10-14)19-12-20-22-27-30(23(32)28(22)8-9-29(20)26-19)13-21(31)25-17-5-3-4-16(24)11-17/h3-12H,13H2,1-2H3,(H,25,31). The Balaban J connectivity index is 1.52. The van der Waals surface area contributed by atoms with Crippen molar-refractivity contribution in [1.29, 1.82) is 0 Å². The van der Waals surface area contributed by atoms with Gasteiger partial charge in [0.1, 0.15) is 12.1 Å². The van der Waals surface area contributed by atoms with E-state index in [9.17, 15) is 9.59 Å². The van der Waals surface area contributed by atoms with Crippen LogP contribution in [0, 0.1) is 13.8 Å². The van der Waals surface area contributed by atoms with Crippen LogP contribution in [-0.4, -0.2) is 29.7 Å². The van der Waals surface area contributed by atoms with Crippen LogP contribution in [0.1, 0.15) is 11.1 Å². The molecule has 0 bridgehead atoms. The molecule has 5 rings (SSSR count). The largest absolute Gasteiger partial charge is 0.350 e. The number of nitrogens with one attached hydrogen (secondary N) is 1. The molecular formula is C23H19BrN6O2. The van der Waals surface area contributed by atoms with Gasteiger partial charge in [0, 0.05) is 28.1 Å². The lowest BCUT2D eigenvalue weighted by Gasteiger charge is -2.04. The zero-order valence-corrected chi connectivity index (χ0v) is 19.0. The zero-order valence-electron chi connectivity index (χ0n) is 17.4. The summed E-state index contributed by atoms with van der Waals surface area (Å²) in [6.07, 6.45) is 3.33. The van der Waals surface area contributed by atoms with Crippen LogP contribution in [0.3, 0.4) is 0 Å². The number of halogens is 1. The molecule has 0 unspecified atom stereocenters. The molecule has 9 heteroatoms. The minimum atomic E-state index is -0.388. The average Bonchev–Trinajstić information content (AvgIpc) is 3.31. The Kier molecular flexibility index (Phi) is 4.90. The lowest BCUT2D eigenvalue weighted by atomic mass is 10.0. The van der Waals surface area contributed by atoms with Crippen LogP contribution in [0.5, 0.6) is 0 Å². The van der Waals surface area contributed by atoms with Crippen LogP contribution >= 0.6 is 15.9 Å². The molecular weight excluding hydrogens is 472 g/mol. The lowest BCUT2D eigenvalue weighted by molar-refractivity contribution is -0.117. The lowest BCUT2D eigenvalue weighted by Crippen LogP contribution is -2.28. The number of benzene rings is 2. The normalized spacial score (nSPS) is 11.3. The van der Waals surface area contributed by atoms with E-state index in [1.807, 2.05) is 32.0 Å². The second kappa shape index (κ2) is 7.76. The highest BCUT2D eigenvalue weighted by Gasteiger charge is 2.16. The second-order valence-electron chi connectivity index (χ2n) is 7.67. The van der Waals surface area contributed by atoms with Gasteiger partial charge in [-0.1, -0.05) is 39.7 Å². The highest BCUT2D eigenvalue weighted by molar-refractivity contribution is 9.10. The van der Waals surface area contributed by atoms with Gasteiger partial charge in [-0.3, -0.25) is 4.79 Å². The number of anilines is 1. The zero-order chi connectivity index (χ0) is 22.4. The maximum Gasteiger partial charge on any atom is 0.350 e. The fraction of sp³-hybridized carbons (Fsp3) is 0.130. The molecule has 0 aliphatic carbocycles. The van der Waals surface area contributed by atoms with Crippen LogP contribution in [0.15, 0.2) is 70.2 Å². The first-order chi connectivity index (χ1) is 15.4. The van der Waals surface area contributed by atoms with E-state index in [-0.39, 0.29) is 18.1 Å². The summed E-state index contributed by atoms with van der Waals surface area (Å²) in [4.78, 5) is 25.3. The van der Waals surface area contributed by atoms with E-state index in [1.165, 1.54) is 4.40 Å². The molecule has 0 aliphatic heterocycles. The fourth-order valence-corrected chi connectivity index (χ4v) is 4.08. The van der Waals surface area contributed by atoms with E-state index in [1.54, 1.807) is 29.0 Å². The van der Waals surface area contributed by atoms with Crippen molar-refractivity contribution in [2.75, 3.05) is 5.32 Å². The molecule has 0 aliphatic rings. The third-order valence-corrected chi connectivity index (χ3v) is 5.76. The Morgan fingerprint density at radius 3 is 2.72 bits per heavy atom. The third kappa shape index (κ3) is 3.60. The molecule has 0 saturated heterocycles. The highest BCUT2D eigenvalue weighted by Crippen LogP contribution is 2.25. The topological polar surface area (TPSA) is 85.7 Å². The third-order valence-electron chi connectivity index (χ3n) is 5.26. The summed E-state index contributed by atoms with van der Waals surface area (Å²) < 4.78 is 5.14. The number of amides is 1. The monoisotopic (exact) mass is 490 g/mol. The van der Waals surface area contributed by atoms with Crippen LogP contribution in [0.4, 0.5) is 5.69 Å². The van der Waals surface area contributed by atoms with Crippen LogP contribution in [0.2, 0.25) is 0 Å². The van der Waals surface area contributed by atoms with Gasteiger partial charge in [0.15, 0.2) is 5.65 Å². The van der Waals surface area contributed by atoms with Gasteiger partial charge in [0.05, 0.1) is 5.69 Å². The first-order valence-corrected chi connectivity index (χ1v) is 10.8. The Morgan fingerprint density at radius 2 is 1.91 bits per heavy atom. The molecule has 160 valence electrons. The van der Waals surface area contributed by atoms with E-state index < -0.39 is 0 Å². The molecule has 8 nitrogen and oxygen atoms in total.